The van der Waals surface area contributed by atoms with Gasteiger partial charge >= 0.3 is 0 Å². The van der Waals surface area contributed by atoms with Gasteiger partial charge < -0.3 is 0 Å². The average Bonchev–Trinajstić information content (AvgIpc) is 2.26. The largest absolute Gasteiger partial charge is 0.298 e. The van der Waals surface area contributed by atoms with E-state index in [0.717, 1.165) is 10.5 Å². The number of hydrogen-bond acceptors (Lipinski definition) is 3. The summed E-state index contributed by atoms with van der Waals surface area (Å²) in [7, 11) is 0. The minimum Gasteiger partial charge on any atom is -0.298 e. The van der Waals surface area contributed by atoms with E-state index in [9.17, 15) is 4.79 Å². The predicted octanol–water partition coefficient (Wildman–Crippen LogP) is 3.31. The molecular weight excluding hydrogens is 274 g/mol. The molecule has 0 N–H and O–H groups in total. The summed E-state index contributed by atoms with van der Waals surface area (Å²) in [6, 6.07) is 7.58. The molecule has 0 radical (unpaired) electrons. The molecule has 0 saturated heterocycles. The van der Waals surface area contributed by atoms with Gasteiger partial charge in [-0.3, -0.25) is 4.79 Å². The summed E-state index contributed by atoms with van der Waals surface area (Å²) in [4.78, 5) is 11.9. The van der Waals surface area contributed by atoms with Crippen molar-refractivity contribution >= 4 is 33.5 Å². The molecule has 4 heteroatoms. The molecule has 1 aromatic rings. The van der Waals surface area contributed by atoms with E-state index in [4.69, 9.17) is 5.26 Å². The van der Waals surface area contributed by atoms with Crippen LogP contribution in [0, 0.1) is 11.3 Å². The fourth-order valence-electron chi connectivity index (χ4n) is 1.28. The van der Waals surface area contributed by atoms with E-state index in [1.807, 2.05) is 18.4 Å². The minimum atomic E-state index is -0.393. The van der Waals surface area contributed by atoms with Gasteiger partial charge in [0.2, 0.25) is 0 Å². The molecule has 0 aliphatic heterocycles. The molecule has 0 aliphatic rings. The summed E-state index contributed by atoms with van der Waals surface area (Å²) < 4.78 is 0. The van der Waals surface area contributed by atoms with Gasteiger partial charge in [-0.25, -0.2) is 0 Å². The van der Waals surface area contributed by atoms with Crippen molar-refractivity contribution in [3.8, 4) is 6.07 Å². The van der Waals surface area contributed by atoms with Crippen molar-refractivity contribution in [2.24, 2.45) is 0 Å². The van der Waals surface area contributed by atoms with Gasteiger partial charge in [0.1, 0.15) is 10.6 Å². The van der Waals surface area contributed by atoms with E-state index in [0.29, 0.717) is 5.56 Å². The number of carbonyl (C=O) groups excluding carboxylic acids is 1. The van der Waals surface area contributed by atoms with Crippen molar-refractivity contribution in [1.29, 1.82) is 5.26 Å². The van der Waals surface area contributed by atoms with Gasteiger partial charge in [0.05, 0.1) is 11.6 Å². The fourth-order valence-corrected chi connectivity index (χ4v) is 2.59. The Morgan fingerprint density at radius 3 is 2.73 bits per heavy atom. The van der Waals surface area contributed by atoms with E-state index in [-0.39, 0.29) is 5.78 Å². The highest BCUT2D eigenvalue weighted by atomic mass is 79.9. The van der Waals surface area contributed by atoms with Crippen LogP contribution in [0.5, 0.6) is 0 Å². The second-order valence-corrected chi connectivity index (χ2v) is 4.77. The number of hydrogen-bond donors (Lipinski definition) is 0. The van der Waals surface area contributed by atoms with Gasteiger partial charge in [0.25, 0.3) is 0 Å². The van der Waals surface area contributed by atoms with Gasteiger partial charge in [0.15, 0.2) is 0 Å². The van der Waals surface area contributed by atoms with E-state index < -0.39 is 4.83 Å². The van der Waals surface area contributed by atoms with Crippen molar-refractivity contribution in [3.05, 3.63) is 29.3 Å². The summed E-state index contributed by atoms with van der Waals surface area (Å²) in [5.41, 5.74) is 1.33. The van der Waals surface area contributed by atoms with Crippen molar-refractivity contribution < 1.29 is 4.79 Å². The zero-order valence-electron chi connectivity index (χ0n) is 8.45. The van der Waals surface area contributed by atoms with Crippen LogP contribution >= 0.6 is 27.7 Å². The first-order valence-corrected chi connectivity index (χ1v) is 6.47. The number of ketones is 1. The van der Waals surface area contributed by atoms with Crippen LogP contribution in [-0.4, -0.2) is 12.0 Å². The maximum atomic E-state index is 11.3. The molecule has 0 aromatic heterocycles. The number of benzene rings is 1. The zero-order valence-corrected chi connectivity index (χ0v) is 10.9. The number of halogens is 1. The van der Waals surface area contributed by atoms with E-state index in [1.165, 1.54) is 18.7 Å². The Morgan fingerprint density at radius 2 is 2.27 bits per heavy atom. The molecule has 1 atom stereocenters. The van der Waals surface area contributed by atoms with Gasteiger partial charge in [-0.15, -0.1) is 11.8 Å². The first-order chi connectivity index (χ1) is 7.11. The smallest absolute Gasteiger partial charge is 0.147 e. The molecular formula is C11H10BrNOS. The number of Topliss-reactive ketones (excluding diaryl/α,β-unsaturated/α-hetero) is 1. The lowest BCUT2D eigenvalue weighted by molar-refractivity contribution is -0.116. The monoisotopic (exact) mass is 283 g/mol. The standard InChI is InChI=1S/C11H10BrNOS/c1-7(14)11(12)10-8(6-13)4-3-5-9(10)15-2/h3-5,11H,1-2H3. The maximum absolute atomic E-state index is 11.3. The summed E-state index contributed by atoms with van der Waals surface area (Å²) in [5, 5.41) is 8.98. The maximum Gasteiger partial charge on any atom is 0.147 e. The number of nitrogens with zero attached hydrogens (tertiary/aromatic N) is 1. The number of rotatable bonds is 3. The second-order valence-electron chi connectivity index (χ2n) is 3.01. The molecule has 78 valence electrons. The molecule has 0 bridgehead atoms. The summed E-state index contributed by atoms with van der Waals surface area (Å²) in [5.74, 6) is 0.00741. The highest BCUT2D eigenvalue weighted by Crippen LogP contribution is 2.34. The molecule has 0 spiro atoms. The lowest BCUT2D eigenvalue weighted by atomic mass is 10.0. The van der Waals surface area contributed by atoms with Crippen LogP contribution in [-0.2, 0) is 4.79 Å². The van der Waals surface area contributed by atoms with Crippen LogP contribution in [0.2, 0.25) is 0 Å². The first kappa shape index (κ1) is 12.3. The highest BCUT2D eigenvalue weighted by Gasteiger charge is 2.19. The van der Waals surface area contributed by atoms with Crippen molar-refractivity contribution in [1.82, 2.24) is 0 Å². The van der Waals surface area contributed by atoms with Gasteiger partial charge in [-0.05, 0) is 25.3 Å². The predicted molar refractivity (Wildman–Crippen MR) is 65.3 cm³/mol. The normalized spacial score (nSPS) is 11.9. The Labute approximate surface area is 102 Å². The van der Waals surface area contributed by atoms with Crippen LogP contribution in [0.4, 0.5) is 0 Å². The van der Waals surface area contributed by atoms with Gasteiger partial charge in [0, 0.05) is 10.5 Å². The fraction of sp³-hybridized carbons (Fsp3) is 0.273. The van der Waals surface area contributed by atoms with Crippen molar-refractivity contribution in [3.63, 3.8) is 0 Å². The molecule has 1 rings (SSSR count). The van der Waals surface area contributed by atoms with Crippen LogP contribution in [0.15, 0.2) is 23.1 Å². The third-order valence-electron chi connectivity index (χ3n) is 2.02. The number of thioether (sulfide) groups is 1. The zero-order chi connectivity index (χ0) is 11.4. The third-order valence-corrected chi connectivity index (χ3v) is 3.92. The third kappa shape index (κ3) is 2.61. The second kappa shape index (κ2) is 5.34. The van der Waals surface area contributed by atoms with Gasteiger partial charge in [-0.2, -0.15) is 5.26 Å². The highest BCUT2D eigenvalue weighted by molar-refractivity contribution is 9.09. The van der Waals surface area contributed by atoms with Gasteiger partial charge in [-0.1, -0.05) is 22.0 Å². The lowest BCUT2D eigenvalue weighted by Crippen LogP contribution is -2.05. The number of carbonyl (C=O) groups is 1. The molecule has 0 aliphatic carbocycles. The Kier molecular flexibility index (Phi) is 4.37. The summed E-state index contributed by atoms with van der Waals surface area (Å²) in [6.45, 7) is 1.51. The van der Waals surface area contributed by atoms with Crippen molar-refractivity contribution in [2.45, 2.75) is 16.6 Å². The lowest BCUT2D eigenvalue weighted by Gasteiger charge is -2.12. The molecule has 0 fully saturated rings. The van der Waals surface area contributed by atoms with E-state index in [1.54, 1.807) is 6.07 Å². The molecule has 2 nitrogen and oxygen atoms in total. The SMILES string of the molecule is CSc1cccc(C#N)c1C(Br)C(C)=O. The molecule has 0 saturated carbocycles. The summed E-state index contributed by atoms with van der Waals surface area (Å²) >= 11 is 4.86. The minimum absolute atomic E-state index is 0.00741. The molecule has 15 heavy (non-hydrogen) atoms. The Bertz CT molecular complexity index is 425. The molecule has 1 unspecified atom stereocenters. The Morgan fingerprint density at radius 1 is 1.60 bits per heavy atom. The average molecular weight is 284 g/mol. The quantitative estimate of drug-likeness (QED) is 0.631. The molecule has 0 heterocycles. The van der Waals surface area contributed by atoms with E-state index >= 15 is 0 Å². The Balaban J connectivity index is 3.35. The van der Waals surface area contributed by atoms with Crippen molar-refractivity contribution in [2.75, 3.05) is 6.26 Å². The molecule has 1 aromatic carbocycles. The summed E-state index contributed by atoms with van der Waals surface area (Å²) in [6.07, 6.45) is 1.93. The van der Waals surface area contributed by atoms with Crippen LogP contribution in [0.1, 0.15) is 22.9 Å². The topological polar surface area (TPSA) is 40.9 Å². The first-order valence-electron chi connectivity index (χ1n) is 4.33. The van der Waals surface area contributed by atoms with E-state index in [2.05, 4.69) is 22.0 Å². The molecule has 0 amide bonds. The number of nitriles is 1. The van der Waals surface area contributed by atoms with Crippen LogP contribution < -0.4 is 0 Å². The number of alkyl halides is 1. The van der Waals surface area contributed by atoms with Crippen LogP contribution in [0.25, 0.3) is 0 Å². The Hall–Kier alpha value is -0.790. The van der Waals surface area contributed by atoms with Crippen LogP contribution in [0.3, 0.4) is 0 Å².